The molecule has 0 radical (unpaired) electrons. The van der Waals surface area contributed by atoms with Crippen molar-refractivity contribution in [2.24, 2.45) is 29.6 Å². The average Bonchev–Trinajstić information content (AvgIpc) is 2.38. The summed E-state index contributed by atoms with van der Waals surface area (Å²) in [6, 6.07) is 6.17. The summed E-state index contributed by atoms with van der Waals surface area (Å²) in [5, 5.41) is 0.296. The van der Waals surface area contributed by atoms with E-state index in [9.17, 15) is 0 Å². The standard InChI is InChI=1S/C17H22ClN/c18-16(10-15-3-1-2-4-19-15)17-13-6-11-5-12(8-13)9-14(17)7-11/h1-4,11-14,16-17H,5-10H2. The summed E-state index contributed by atoms with van der Waals surface area (Å²) in [5.74, 6) is 4.68. The van der Waals surface area contributed by atoms with Gasteiger partial charge in [0.25, 0.3) is 0 Å². The van der Waals surface area contributed by atoms with Crippen molar-refractivity contribution in [3.8, 4) is 0 Å². The molecular formula is C17H22ClN. The van der Waals surface area contributed by atoms with Crippen LogP contribution >= 0.6 is 11.6 Å². The number of alkyl halides is 1. The number of aromatic nitrogens is 1. The molecule has 102 valence electrons. The molecule has 1 atom stereocenters. The van der Waals surface area contributed by atoms with E-state index in [0.29, 0.717) is 5.38 Å². The van der Waals surface area contributed by atoms with Gasteiger partial charge in [0.05, 0.1) is 0 Å². The average molecular weight is 276 g/mol. The third-order valence-electron chi connectivity index (χ3n) is 5.85. The van der Waals surface area contributed by atoms with Crippen LogP contribution in [0.1, 0.15) is 37.8 Å². The van der Waals surface area contributed by atoms with E-state index in [0.717, 1.165) is 41.7 Å². The van der Waals surface area contributed by atoms with Crippen LogP contribution in [0.4, 0.5) is 0 Å². The van der Waals surface area contributed by atoms with Crippen LogP contribution in [0.25, 0.3) is 0 Å². The molecule has 5 rings (SSSR count). The maximum absolute atomic E-state index is 6.82. The monoisotopic (exact) mass is 275 g/mol. The van der Waals surface area contributed by atoms with Crippen LogP contribution < -0.4 is 0 Å². The minimum absolute atomic E-state index is 0.296. The number of pyridine rings is 1. The molecule has 4 fully saturated rings. The lowest BCUT2D eigenvalue weighted by Gasteiger charge is -2.55. The highest BCUT2D eigenvalue weighted by Crippen LogP contribution is 2.58. The normalized spacial score (nSPS) is 41.4. The molecule has 19 heavy (non-hydrogen) atoms. The zero-order chi connectivity index (χ0) is 12.8. The third-order valence-corrected chi connectivity index (χ3v) is 6.29. The van der Waals surface area contributed by atoms with Crippen molar-refractivity contribution in [1.29, 1.82) is 0 Å². The maximum Gasteiger partial charge on any atom is 0.0424 e. The first-order valence-corrected chi connectivity index (χ1v) is 8.27. The molecule has 1 nitrogen and oxygen atoms in total. The molecule has 2 heteroatoms. The van der Waals surface area contributed by atoms with Crippen molar-refractivity contribution in [2.45, 2.75) is 43.9 Å². The van der Waals surface area contributed by atoms with Crippen LogP contribution in [0.3, 0.4) is 0 Å². The van der Waals surface area contributed by atoms with E-state index in [1.807, 2.05) is 12.3 Å². The van der Waals surface area contributed by atoms with Crippen molar-refractivity contribution in [2.75, 3.05) is 0 Å². The summed E-state index contributed by atoms with van der Waals surface area (Å²) in [7, 11) is 0. The Balaban J connectivity index is 1.50. The molecule has 4 saturated carbocycles. The Morgan fingerprint density at radius 1 is 1.05 bits per heavy atom. The SMILES string of the molecule is ClC(Cc1ccccn1)C1C2CC3CC(C2)CC1C3. The maximum atomic E-state index is 6.82. The number of nitrogens with zero attached hydrogens (tertiary/aromatic N) is 1. The Morgan fingerprint density at radius 2 is 1.74 bits per heavy atom. The van der Waals surface area contributed by atoms with E-state index in [2.05, 4.69) is 17.1 Å². The number of rotatable bonds is 3. The Bertz CT molecular complexity index is 416. The second kappa shape index (κ2) is 4.77. The molecule has 0 amide bonds. The third kappa shape index (κ3) is 2.20. The van der Waals surface area contributed by atoms with Crippen LogP contribution in [0.2, 0.25) is 0 Å². The summed E-state index contributed by atoms with van der Waals surface area (Å²) in [6.07, 6.45) is 10.2. The molecule has 0 aliphatic heterocycles. The van der Waals surface area contributed by atoms with Crippen LogP contribution in [0.5, 0.6) is 0 Å². The largest absolute Gasteiger partial charge is 0.261 e. The van der Waals surface area contributed by atoms with E-state index < -0.39 is 0 Å². The first-order valence-electron chi connectivity index (χ1n) is 7.83. The minimum Gasteiger partial charge on any atom is -0.261 e. The quantitative estimate of drug-likeness (QED) is 0.750. The molecule has 0 saturated heterocycles. The first-order chi connectivity index (χ1) is 9.29. The molecule has 1 aromatic heterocycles. The predicted octanol–water partition coefficient (Wildman–Crippen LogP) is 4.30. The molecule has 0 N–H and O–H groups in total. The highest BCUT2D eigenvalue weighted by molar-refractivity contribution is 6.21. The Morgan fingerprint density at radius 3 is 2.32 bits per heavy atom. The van der Waals surface area contributed by atoms with E-state index in [1.54, 1.807) is 0 Å². The van der Waals surface area contributed by atoms with E-state index >= 15 is 0 Å². The fourth-order valence-electron chi connectivity index (χ4n) is 5.41. The zero-order valence-corrected chi connectivity index (χ0v) is 12.1. The summed E-state index contributed by atoms with van der Waals surface area (Å²) in [6.45, 7) is 0. The molecule has 0 aromatic carbocycles. The van der Waals surface area contributed by atoms with Gasteiger partial charge in [0, 0.05) is 23.7 Å². The first kappa shape index (κ1) is 12.2. The van der Waals surface area contributed by atoms with Gasteiger partial charge in [-0.25, -0.2) is 0 Å². The summed E-state index contributed by atoms with van der Waals surface area (Å²) in [4.78, 5) is 4.45. The summed E-state index contributed by atoms with van der Waals surface area (Å²) >= 11 is 6.82. The van der Waals surface area contributed by atoms with Gasteiger partial charge in [0.15, 0.2) is 0 Å². The Kier molecular flexibility index (Phi) is 3.06. The van der Waals surface area contributed by atoms with Gasteiger partial charge in [0.2, 0.25) is 0 Å². The highest BCUT2D eigenvalue weighted by Gasteiger charge is 2.50. The van der Waals surface area contributed by atoms with Crippen LogP contribution in [0.15, 0.2) is 24.4 Å². The molecule has 4 aliphatic carbocycles. The summed E-state index contributed by atoms with van der Waals surface area (Å²) in [5.41, 5.74) is 1.16. The van der Waals surface area contributed by atoms with Crippen molar-refractivity contribution in [3.63, 3.8) is 0 Å². The predicted molar refractivity (Wildman–Crippen MR) is 78.1 cm³/mol. The van der Waals surface area contributed by atoms with Gasteiger partial charge >= 0.3 is 0 Å². The van der Waals surface area contributed by atoms with E-state index in [1.165, 1.54) is 32.1 Å². The molecule has 1 heterocycles. The zero-order valence-electron chi connectivity index (χ0n) is 11.3. The molecule has 1 unspecified atom stereocenters. The van der Waals surface area contributed by atoms with E-state index in [-0.39, 0.29) is 0 Å². The molecular weight excluding hydrogens is 254 g/mol. The van der Waals surface area contributed by atoms with Crippen LogP contribution in [0, 0.1) is 29.6 Å². The Hall–Kier alpha value is -0.560. The lowest BCUT2D eigenvalue weighted by atomic mass is 9.51. The van der Waals surface area contributed by atoms with Gasteiger partial charge < -0.3 is 0 Å². The lowest BCUT2D eigenvalue weighted by Crippen LogP contribution is -2.48. The smallest absolute Gasteiger partial charge is 0.0424 e. The van der Waals surface area contributed by atoms with Crippen molar-refractivity contribution in [1.82, 2.24) is 4.98 Å². The molecule has 0 spiro atoms. The number of halogens is 1. The van der Waals surface area contributed by atoms with Gasteiger partial charge in [-0.2, -0.15) is 0 Å². The molecule has 1 aromatic rings. The fourth-order valence-corrected chi connectivity index (χ4v) is 5.98. The highest BCUT2D eigenvalue weighted by atomic mass is 35.5. The number of hydrogen-bond donors (Lipinski definition) is 0. The molecule has 4 aliphatic rings. The topological polar surface area (TPSA) is 12.9 Å². The van der Waals surface area contributed by atoms with Crippen molar-refractivity contribution < 1.29 is 0 Å². The fraction of sp³-hybridized carbons (Fsp3) is 0.706. The Labute approximate surface area is 120 Å². The number of hydrogen-bond acceptors (Lipinski definition) is 1. The van der Waals surface area contributed by atoms with Gasteiger partial charge in [-0.05, 0) is 73.8 Å². The van der Waals surface area contributed by atoms with Crippen molar-refractivity contribution >= 4 is 11.6 Å². The minimum atomic E-state index is 0.296. The van der Waals surface area contributed by atoms with Gasteiger partial charge in [-0.15, -0.1) is 11.6 Å². The lowest BCUT2D eigenvalue weighted by molar-refractivity contribution is -0.0377. The van der Waals surface area contributed by atoms with Gasteiger partial charge in [-0.3, -0.25) is 4.98 Å². The van der Waals surface area contributed by atoms with E-state index in [4.69, 9.17) is 11.6 Å². The van der Waals surface area contributed by atoms with Crippen molar-refractivity contribution in [3.05, 3.63) is 30.1 Å². The molecule has 4 bridgehead atoms. The van der Waals surface area contributed by atoms with Crippen LogP contribution in [-0.4, -0.2) is 10.4 Å². The van der Waals surface area contributed by atoms with Crippen LogP contribution in [-0.2, 0) is 6.42 Å². The van der Waals surface area contributed by atoms with Gasteiger partial charge in [-0.1, -0.05) is 6.07 Å². The summed E-state index contributed by atoms with van der Waals surface area (Å²) < 4.78 is 0. The van der Waals surface area contributed by atoms with Gasteiger partial charge in [0.1, 0.15) is 0 Å². The second-order valence-electron chi connectivity index (χ2n) is 7.05. The second-order valence-corrected chi connectivity index (χ2v) is 7.61.